The number of hydrogen-bond acceptors (Lipinski definition) is 5. The number of methoxy groups -OCH3 is 1. The van der Waals surface area contributed by atoms with Gasteiger partial charge in [0.25, 0.3) is 10.0 Å². The third-order valence-electron chi connectivity index (χ3n) is 6.36. The molecule has 0 aromatic heterocycles. The van der Waals surface area contributed by atoms with Crippen molar-refractivity contribution in [2.24, 2.45) is 0 Å². The second-order valence-corrected chi connectivity index (χ2v) is 10.7. The maximum absolute atomic E-state index is 13.8. The smallest absolute Gasteiger partial charge is 0.264 e. The number of likely N-dealkylation sites (N-methyl/N-ethyl adjacent to an activating group) is 1. The van der Waals surface area contributed by atoms with E-state index in [-0.39, 0.29) is 17.3 Å². The molecule has 0 spiro atoms. The van der Waals surface area contributed by atoms with Crippen LogP contribution in [0.4, 0.5) is 5.69 Å². The topological polar surface area (TPSA) is 96.0 Å². The van der Waals surface area contributed by atoms with Gasteiger partial charge in [0, 0.05) is 13.6 Å². The van der Waals surface area contributed by atoms with Crippen LogP contribution in [0.2, 0.25) is 0 Å². The SMILES string of the molecule is CC[C@H](C(=O)NC)N(CCc1ccccc1)C(=O)CN(c1ccc(C)cc1)S(=O)(=O)c1ccc(OC)cc1. The molecule has 0 aliphatic carbocycles. The van der Waals surface area contributed by atoms with E-state index in [0.29, 0.717) is 24.3 Å². The molecule has 0 saturated heterocycles. The normalized spacial score (nSPS) is 11.9. The number of ether oxygens (including phenoxy) is 1. The molecule has 3 aromatic rings. The first-order valence-corrected chi connectivity index (χ1v) is 13.9. The van der Waals surface area contributed by atoms with Gasteiger partial charge in [0.15, 0.2) is 0 Å². The van der Waals surface area contributed by atoms with E-state index < -0.39 is 28.5 Å². The largest absolute Gasteiger partial charge is 0.497 e. The van der Waals surface area contributed by atoms with E-state index in [2.05, 4.69) is 5.32 Å². The first kappa shape index (κ1) is 28.7. The number of carbonyl (C=O) groups excluding carboxylic acids is 2. The highest BCUT2D eigenvalue weighted by Crippen LogP contribution is 2.26. The molecule has 202 valence electrons. The highest BCUT2D eigenvalue weighted by molar-refractivity contribution is 7.92. The maximum Gasteiger partial charge on any atom is 0.264 e. The molecule has 0 unspecified atom stereocenters. The van der Waals surface area contributed by atoms with Crippen LogP contribution in [0.25, 0.3) is 0 Å². The third-order valence-corrected chi connectivity index (χ3v) is 8.15. The summed E-state index contributed by atoms with van der Waals surface area (Å²) in [5, 5.41) is 2.63. The summed E-state index contributed by atoms with van der Waals surface area (Å²) >= 11 is 0. The first-order chi connectivity index (χ1) is 18.2. The molecule has 2 amide bonds. The molecular weight excluding hydrogens is 502 g/mol. The Morgan fingerprint density at radius 2 is 1.58 bits per heavy atom. The van der Waals surface area contributed by atoms with Gasteiger partial charge in [0.05, 0.1) is 17.7 Å². The zero-order valence-electron chi connectivity index (χ0n) is 22.3. The molecule has 0 saturated carbocycles. The predicted molar refractivity (Wildman–Crippen MR) is 149 cm³/mol. The summed E-state index contributed by atoms with van der Waals surface area (Å²) in [7, 11) is -1.09. The average Bonchev–Trinajstić information content (AvgIpc) is 2.94. The minimum atomic E-state index is -4.12. The Labute approximate surface area is 225 Å². The number of nitrogens with zero attached hydrogens (tertiary/aromatic N) is 2. The summed E-state index contributed by atoms with van der Waals surface area (Å²) in [4.78, 5) is 28.1. The molecule has 0 aliphatic rings. The number of amides is 2. The molecule has 3 aromatic carbocycles. The molecule has 0 heterocycles. The van der Waals surface area contributed by atoms with E-state index in [1.807, 2.05) is 44.2 Å². The van der Waals surface area contributed by atoms with Crippen LogP contribution in [-0.2, 0) is 26.0 Å². The van der Waals surface area contributed by atoms with Gasteiger partial charge in [-0.1, -0.05) is 55.0 Å². The van der Waals surface area contributed by atoms with Crippen molar-refractivity contribution >= 4 is 27.5 Å². The zero-order chi connectivity index (χ0) is 27.7. The molecule has 1 atom stereocenters. The lowest BCUT2D eigenvalue weighted by Gasteiger charge is -2.33. The highest BCUT2D eigenvalue weighted by Gasteiger charge is 2.33. The predicted octanol–water partition coefficient (Wildman–Crippen LogP) is 3.79. The molecule has 9 heteroatoms. The number of nitrogens with one attached hydrogen (secondary N) is 1. The number of carbonyl (C=O) groups is 2. The molecule has 38 heavy (non-hydrogen) atoms. The van der Waals surface area contributed by atoms with Gasteiger partial charge in [-0.2, -0.15) is 0 Å². The van der Waals surface area contributed by atoms with Crippen molar-refractivity contribution in [1.82, 2.24) is 10.2 Å². The fourth-order valence-electron chi connectivity index (χ4n) is 4.18. The van der Waals surface area contributed by atoms with Crippen LogP contribution >= 0.6 is 0 Å². The van der Waals surface area contributed by atoms with Crippen LogP contribution in [-0.4, -0.2) is 58.4 Å². The van der Waals surface area contributed by atoms with E-state index in [1.165, 1.54) is 31.2 Å². The molecule has 0 aliphatic heterocycles. The van der Waals surface area contributed by atoms with Crippen molar-refractivity contribution in [3.8, 4) is 5.75 Å². The third kappa shape index (κ3) is 6.92. The fraction of sp³-hybridized carbons (Fsp3) is 0.310. The number of anilines is 1. The standard InChI is InChI=1S/C29H35N3O5S/c1-5-27(29(34)30-3)31(20-19-23-9-7-6-8-10-23)28(33)21-32(24-13-11-22(2)12-14-24)38(35,36)26-17-15-25(37-4)16-18-26/h6-18,27H,5,19-21H2,1-4H3,(H,30,34)/t27-/m1/s1. The molecule has 1 N–H and O–H groups in total. The monoisotopic (exact) mass is 537 g/mol. The summed E-state index contributed by atoms with van der Waals surface area (Å²) in [6.45, 7) is 3.53. The van der Waals surface area contributed by atoms with Crippen LogP contribution in [0, 0.1) is 6.92 Å². The van der Waals surface area contributed by atoms with Crippen molar-refractivity contribution in [2.45, 2.75) is 37.6 Å². The molecule has 3 rings (SSSR count). The van der Waals surface area contributed by atoms with Crippen molar-refractivity contribution < 1.29 is 22.7 Å². The fourth-order valence-corrected chi connectivity index (χ4v) is 5.59. The lowest BCUT2D eigenvalue weighted by Crippen LogP contribution is -2.52. The maximum atomic E-state index is 13.8. The molecule has 0 radical (unpaired) electrons. The number of sulfonamides is 1. The van der Waals surface area contributed by atoms with Crippen LogP contribution < -0.4 is 14.4 Å². The number of benzene rings is 3. The first-order valence-electron chi connectivity index (χ1n) is 12.5. The molecule has 8 nitrogen and oxygen atoms in total. The summed E-state index contributed by atoms with van der Waals surface area (Å²) < 4.78 is 33.9. The lowest BCUT2D eigenvalue weighted by atomic mass is 10.1. The summed E-state index contributed by atoms with van der Waals surface area (Å²) in [6.07, 6.45) is 0.909. The number of rotatable bonds is 12. The number of hydrogen-bond donors (Lipinski definition) is 1. The minimum Gasteiger partial charge on any atom is -0.497 e. The Morgan fingerprint density at radius 3 is 2.13 bits per heavy atom. The van der Waals surface area contributed by atoms with E-state index >= 15 is 0 Å². The van der Waals surface area contributed by atoms with Gasteiger partial charge in [0.2, 0.25) is 11.8 Å². The summed E-state index contributed by atoms with van der Waals surface area (Å²) in [5.74, 6) is -0.242. The second-order valence-electron chi connectivity index (χ2n) is 8.88. The van der Waals surface area contributed by atoms with Crippen LogP contribution in [0.3, 0.4) is 0 Å². The quantitative estimate of drug-likeness (QED) is 0.379. The second kappa shape index (κ2) is 13.1. The Bertz CT molecular complexity index is 1310. The van der Waals surface area contributed by atoms with Gasteiger partial charge in [-0.25, -0.2) is 8.42 Å². The van der Waals surface area contributed by atoms with E-state index in [4.69, 9.17) is 4.74 Å². The Balaban J connectivity index is 1.99. The Kier molecular flexibility index (Phi) is 9.90. The van der Waals surface area contributed by atoms with Gasteiger partial charge in [-0.05, 0) is 61.7 Å². The van der Waals surface area contributed by atoms with Crippen molar-refractivity contribution in [3.63, 3.8) is 0 Å². The van der Waals surface area contributed by atoms with E-state index in [9.17, 15) is 18.0 Å². The Morgan fingerprint density at radius 1 is 0.947 bits per heavy atom. The minimum absolute atomic E-state index is 0.0286. The van der Waals surface area contributed by atoms with Crippen LogP contribution in [0.5, 0.6) is 5.75 Å². The highest BCUT2D eigenvalue weighted by atomic mass is 32.2. The van der Waals surface area contributed by atoms with Crippen molar-refractivity contribution in [2.75, 3.05) is 31.6 Å². The van der Waals surface area contributed by atoms with Gasteiger partial charge in [-0.3, -0.25) is 13.9 Å². The van der Waals surface area contributed by atoms with E-state index in [0.717, 1.165) is 15.4 Å². The Hall–Kier alpha value is -3.85. The van der Waals surface area contributed by atoms with Crippen LogP contribution in [0.15, 0.2) is 83.8 Å². The van der Waals surface area contributed by atoms with Crippen LogP contribution in [0.1, 0.15) is 24.5 Å². The average molecular weight is 538 g/mol. The number of aryl methyl sites for hydroxylation is 1. The van der Waals surface area contributed by atoms with Gasteiger partial charge >= 0.3 is 0 Å². The molecular formula is C29H35N3O5S. The van der Waals surface area contributed by atoms with Gasteiger partial charge < -0.3 is 15.0 Å². The molecule has 0 fully saturated rings. The zero-order valence-corrected chi connectivity index (χ0v) is 23.1. The molecule has 0 bridgehead atoms. The van der Waals surface area contributed by atoms with Gasteiger partial charge in [-0.15, -0.1) is 0 Å². The van der Waals surface area contributed by atoms with Crippen molar-refractivity contribution in [1.29, 1.82) is 0 Å². The van der Waals surface area contributed by atoms with E-state index in [1.54, 1.807) is 36.4 Å². The van der Waals surface area contributed by atoms with Crippen molar-refractivity contribution in [3.05, 3.63) is 90.0 Å². The summed E-state index contributed by atoms with van der Waals surface area (Å²) in [5.41, 5.74) is 2.33. The summed E-state index contributed by atoms with van der Waals surface area (Å²) in [6, 6.07) is 21.9. The van der Waals surface area contributed by atoms with Gasteiger partial charge in [0.1, 0.15) is 18.3 Å². The lowest BCUT2D eigenvalue weighted by molar-refractivity contribution is -0.139.